The summed E-state index contributed by atoms with van der Waals surface area (Å²) in [4.78, 5) is 11.5. The summed E-state index contributed by atoms with van der Waals surface area (Å²) < 4.78 is 0. The highest BCUT2D eigenvalue weighted by Gasteiger charge is 2.22. The molecule has 0 spiro atoms. The molecule has 1 saturated heterocycles. The van der Waals surface area contributed by atoms with Crippen molar-refractivity contribution in [3.8, 4) is 12.3 Å². The molecule has 2 atom stereocenters. The minimum atomic E-state index is 0.000208. The van der Waals surface area contributed by atoms with Gasteiger partial charge in [-0.25, -0.2) is 0 Å². The minimum Gasteiger partial charge on any atom is -0.351 e. The summed E-state index contributed by atoms with van der Waals surface area (Å²) in [6, 6.07) is 0.0834. The predicted octanol–water partition coefficient (Wildman–Crippen LogP) is 0.266. The Kier molecular flexibility index (Phi) is 3.78. The van der Waals surface area contributed by atoms with Crippen molar-refractivity contribution in [2.45, 2.75) is 38.3 Å². The molecule has 0 aliphatic carbocycles. The van der Waals surface area contributed by atoms with Crippen LogP contribution in [0.4, 0.5) is 0 Å². The molecule has 0 bridgehead atoms. The number of hydrogen-bond acceptors (Lipinski definition) is 2. The van der Waals surface area contributed by atoms with E-state index in [0.29, 0.717) is 6.42 Å². The molecule has 0 radical (unpaired) electrons. The number of terminal acetylenes is 1. The Morgan fingerprint density at radius 1 is 1.85 bits per heavy atom. The molecule has 0 saturated carbocycles. The lowest BCUT2D eigenvalue weighted by Crippen LogP contribution is -2.44. The molecule has 1 aliphatic heterocycles. The van der Waals surface area contributed by atoms with Crippen molar-refractivity contribution >= 4 is 5.91 Å². The van der Waals surface area contributed by atoms with Crippen molar-refractivity contribution in [1.29, 1.82) is 0 Å². The Labute approximate surface area is 79.3 Å². The van der Waals surface area contributed by atoms with E-state index in [1.54, 1.807) is 0 Å². The van der Waals surface area contributed by atoms with Gasteiger partial charge in [0.15, 0.2) is 0 Å². The molecule has 0 aromatic carbocycles. The van der Waals surface area contributed by atoms with E-state index in [1.165, 1.54) is 0 Å². The average Bonchev–Trinajstić information content (AvgIpc) is 2.55. The summed E-state index contributed by atoms with van der Waals surface area (Å²) in [5, 5.41) is 6.02. The molecule has 1 fully saturated rings. The molecule has 0 aromatic heterocycles. The van der Waals surface area contributed by atoms with Crippen LogP contribution in [-0.4, -0.2) is 24.5 Å². The number of rotatable bonds is 3. The van der Waals surface area contributed by atoms with E-state index in [2.05, 4.69) is 16.6 Å². The largest absolute Gasteiger partial charge is 0.351 e. The van der Waals surface area contributed by atoms with Crippen LogP contribution < -0.4 is 10.6 Å². The van der Waals surface area contributed by atoms with Gasteiger partial charge in [0.25, 0.3) is 0 Å². The molecule has 3 heteroatoms. The monoisotopic (exact) mass is 180 g/mol. The van der Waals surface area contributed by atoms with Gasteiger partial charge in [0.05, 0.1) is 6.04 Å². The third-order valence-electron chi connectivity index (χ3n) is 2.19. The maximum Gasteiger partial charge on any atom is 0.237 e. The Morgan fingerprint density at radius 2 is 2.62 bits per heavy atom. The van der Waals surface area contributed by atoms with Gasteiger partial charge < -0.3 is 10.6 Å². The van der Waals surface area contributed by atoms with Gasteiger partial charge in [0, 0.05) is 12.5 Å². The molecule has 1 aliphatic rings. The highest BCUT2D eigenvalue weighted by atomic mass is 16.2. The third-order valence-corrected chi connectivity index (χ3v) is 2.19. The molecule has 1 amide bonds. The summed E-state index contributed by atoms with van der Waals surface area (Å²) in [5.74, 6) is 2.61. The Bertz CT molecular complexity index is 213. The van der Waals surface area contributed by atoms with Crippen molar-refractivity contribution in [2.75, 3.05) is 6.54 Å². The van der Waals surface area contributed by atoms with Crippen LogP contribution in [0, 0.1) is 12.3 Å². The number of carbonyl (C=O) groups excluding carboxylic acids is 1. The Balaban J connectivity index is 2.28. The molecular weight excluding hydrogens is 164 g/mol. The second kappa shape index (κ2) is 4.88. The highest BCUT2D eigenvalue weighted by Crippen LogP contribution is 2.05. The normalized spacial score (nSPS) is 23.5. The van der Waals surface area contributed by atoms with Crippen molar-refractivity contribution in [3.05, 3.63) is 0 Å². The zero-order chi connectivity index (χ0) is 9.68. The lowest BCUT2D eigenvalue weighted by Gasteiger charge is -2.14. The second-order valence-electron chi connectivity index (χ2n) is 3.47. The van der Waals surface area contributed by atoms with E-state index in [4.69, 9.17) is 6.42 Å². The Hall–Kier alpha value is -1.01. The molecule has 1 heterocycles. The molecule has 0 aromatic rings. The smallest absolute Gasteiger partial charge is 0.237 e. The van der Waals surface area contributed by atoms with Crippen LogP contribution in [0.5, 0.6) is 0 Å². The second-order valence-corrected chi connectivity index (χ2v) is 3.47. The standard InChI is InChI=1S/C10H16N2O/c1-3-5-8(2)12-10(13)9-6-4-7-11-9/h1,8-9,11H,4-7H2,2H3,(H,12,13)/t8?,9-/m1/s1. The van der Waals surface area contributed by atoms with Gasteiger partial charge in [-0.05, 0) is 26.3 Å². The fourth-order valence-corrected chi connectivity index (χ4v) is 1.48. The van der Waals surface area contributed by atoms with Crippen LogP contribution in [-0.2, 0) is 4.79 Å². The number of carbonyl (C=O) groups is 1. The van der Waals surface area contributed by atoms with Gasteiger partial charge in [0.1, 0.15) is 0 Å². The third kappa shape index (κ3) is 3.08. The van der Waals surface area contributed by atoms with E-state index in [-0.39, 0.29) is 18.0 Å². The first-order valence-electron chi connectivity index (χ1n) is 4.71. The lowest BCUT2D eigenvalue weighted by molar-refractivity contribution is -0.123. The van der Waals surface area contributed by atoms with E-state index < -0.39 is 0 Å². The van der Waals surface area contributed by atoms with Crippen molar-refractivity contribution < 1.29 is 4.79 Å². The number of hydrogen-bond donors (Lipinski definition) is 2. The number of amides is 1. The van der Waals surface area contributed by atoms with Crippen LogP contribution in [0.3, 0.4) is 0 Å². The summed E-state index contributed by atoms with van der Waals surface area (Å²) >= 11 is 0. The average molecular weight is 180 g/mol. The van der Waals surface area contributed by atoms with Gasteiger partial charge >= 0.3 is 0 Å². The molecule has 72 valence electrons. The van der Waals surface area contributed by atoms with Crippen LogP contribution in [0.15, 0.2) is 0 Å². The summed E-state index contributed by atoms with van der Waals surface area (Å²) in [6.45, 7) is 2.87. The Morgan fingerprint density at radius 3 is 3.15 bits per heavy atom. The lowest BCUT2D eigenvalue weighted by atomic mass is 10.2. The van der Waals surface area contributed by atoms with Crippen LogP contribution >= 0.6 is 0 Å². The summed E-state index contributed by atoms with van der Waals surface area (Å²) in [6.07, 6.45) is 7.76. The predicted molar refractivity (Wildman–Crippen MR) is 52.1 cm³/mol. The highest BCUT2D eigenvalue weighted by molar-refractivity contribution is 5.82. The van der Waals surface area contributed by atoms with Gasteiger partial charge in [-0.1, -0.05) is 0 Å². The SMILES string of the molecule is C#CCC(C)NC(=O)[C@H]1CCCN1. The van der Waals surface area contributed by atoms with Gasteiger partial charge in [-0.15, -0.1) is 12.3 Å². The number of nitrogens with one attached hydrogen (secondary N) is 2. The van der Waals surface area contributed by atoms with E-state index >= 15 is 0 Å². The first-order chi connectivity index (χ1) is 6.24. The van der Waals surface area contributed by atoms with E-state index in [1.807, 2.05) is 6.92 Å². The van der Waals surface area contributed by atoms with Crippen LogP contribution in [0.25, 0.3) is 0 Å². The quantitative estimate of drug-likeness (QED) is 0.612. The zero-order valence-electron chi connectivity index (χ0n) is 7.97. The fourth-order valence-electron chi connectivity index (χ4n) is 1.48. The van der Waals surface area contributed by atoms with Crippen molar-refractivity contribution in [3.63, 3.8) is 0 Å². The first kappa shape index (κ1) is 10.1. The van der Waals surface area contributed by atoms with Gasteiger partial charge in [0.2, 0.25) is 5.91 Å². The topological polar surface area (TPSA) is 41.1 Å². The minimum absolute atomic E-state index is 0.000208. The molecular formula is C10H16N2O. The first-order valence-corrected chi connectivity index (χ1v) is 4.71. The molecule has 2 N–H and O–H groups in total. The van der Waals surface area contributed by atoms with Crippen molar-refractivity contribution in [2.24, 2.45) is 0 Å². The summed E-state index contributed by atoms with van der Waals surface area (Å²) in [7, 11) is 0. The zero-order valence-corrected chi connectivity index (χ0v) is 7.97. The maximum atomic E-state index is 11.5. The van der Waals surface area contributed by atoms with Crippen LogP contribution in [0.2, 0.25) is 0 Å². The molecule has 1 unspecified atom stereocenters. The van der Waals surface area contributed by atoms with Crippen molar-refractivity contribution in [1.82, 2.24) is 10.6 Å². The molecule has 13 heavy (non-hydrogen) atoms. The van der Waals surface area contributed by atoms with E-state index in [9.17, 15) is 4.79 Å². The maximum absolute atomic E-state index is 11.5. The summed E-state index contributed by atoms with van der Waals surface area (Å²) in [5.41, 5.74) is 0. The molecule has 3 nitrogen and oxygen atoms in total. The van der Waals surface area contributed by atoms with Crippen LogP contribution in [0.1, 0.15) is 26.2 Å². The molecule has 1 rings (SSSR count). The van der Waals surface area contributed by atoms with Gasteiger partial charge in [-0.3, -0.25) is 4.79 Å². The van der Waals surface area contributed by atoms with E-state index in [0.717, 1.165) is 19.4 Å². The fraction of sp³-hybridized carbons (Fsp3) is 0.700. The van der Waals surface area contributed by atoms with Gasteiger partial charge in [-0.2, -0.15) is 0 Å².